The zero-order valence-electron chi connectivity index (χ0n) is 17.0. The molecule has 0 bridgehead atoms. The Labute approximate surface area is 179 Å². The zero-order valence-corrected chi connectivity index (χ0v) is 17.0. The number of rotatable bonds is 7. The van der Waals surface area contributed by atoms with Gasteiger partial charge in [-0.05, 0) is 35.9 Å². The highest BCUT2D eigenvalue weighted by Crippen LogP contribution is 2.30. The van der Waals surface area contributed by atoms with E-state index in [1.807, 2.05) is 54.6 Å². The number of amides is 1. The van der Waals surface area contributed by atoms with Crippen molar-refractivity contribution in [2.45, 2.75) is 6.54 Å². The monoisotopic (exact) mass is 416 g/mol. The summed E-state index contributed by atoms with van der Waals surface area (Å²) in [6.07, 6.45) is 0. The number of pyridine rings is 1. The SMILES string of the molecule is COc1ccc(CNC(=O)COc2cc(-c3ccccc3)nc3ccc(F)cc23)cc1. The van der Waals surface area contributed by atoms with Crippen molar-refractivity contribution in [1.82, 2.24) is 10.3 Å². The van der Waals surface area contributed by atoms with Gasteiger partial charge in [0.2, 0.25) is 0 Å². The molecule has 4 rings (SSSR count). The first-order valence-corrected chi connectivity index (χ1v) is 9.80. The van der Waals surface area contributed by atoms with Crippen molar-refractivity contribution in [3.05, 3.63) is 90.2 Å². The van der Waals surface area contributed by atoms with Crippen LogP contribution in [0.3, 0.4) is 0 Å². The zero-order chi connectivity index (χ0) is 21.6. The second-order valence-corrected chi connectivity index (χ2v) is 6.95. The largest absolute Gasteiger partial charge is 0.497 e. The third-order valence-electron chi connectivity index (χ3n) is 4.81. The first-order chi connectivity index (χ1) is 15.1. The molecule has 31 heavy (non-hydrogen) atoms. The number of methoxy groups -OCH3 is 1. The van der Waals surface area contributed by atoms with Gasteiger partial charge >= 0.3 is 0 Å². The molecule has 0 atom stereocenters. The molecule has 0 aliphatic carbocycles. The molecule has 0 fully saturated rings. The number of carbonyl (C=O) groups is 1. The highest BCUT2D eigenvalue weighted by atomic mass is 19.1. The van der Waals surface area contributed by atoms with E-state index < -0.39 is 5.82 Å². The summed E-state index contributed by atoms with van der Waals surface area (Å²) >= 11 is 0. The Kier molecular flexibility index (Phi) is 6.08. The van der Waals surface area contributed by atoms with Crippen molar-refractivity contribution in [3.63, 3.8) is 0 Å². The van der Waals surface area contributed by atoms with E-state index in [4.69, 9.17) is 9.47 Å². The second-order valence-electron chi connectivity index (χ2n) is 6.95. The molecule has 0 aliphatic heterocycles. The highest BCUT2D eigenvalue weighted by Gasteiger charge is 2.12. The number of aromatic nitrogens is 1. The molecule has 1 N–H and O–H groups in total. The number of benzene rings is 3. The third-order valence-corrected chi connectivity index (χ3v) is 4.81. The van der Waals surface area contributed by atoms with Crippen LogP contribution >= 0.6 is 0 Å². The van der Waals surface area contributed by atoms with Gasteiger partial charge in [0.15, 0.2) is 6.61 Å². The molecule has 0 spiro atoms. The number of ether oxygens (including phenoxy) is 2. The topological polar surface area (TPSA) is 60.5 Å². The molecule has 1 aromatic heterocycles. The van der Waals surface area contributed by atoms with Gasteiger partial charge < -0.3 is 14.8 Å². The summed E-state index contributed by atoms with van der Waals surface area (Å²) < 4.78 is 24.7. The highest BCUT2D eigenvalue weighted by molar-refractivity contribution is 5.88. The van der Waals surface area contributed by atoms with E-state index in [-0.39, 0.29) is 12.5 Å². The second kappa shape index (κ2) is 9.26. The lowest BCUT2D eigenvalue weighted by Gasteiger charge is -2.12. The lowest BCUT2D eigenvalue weighted by atomic mass is 10.1. The van der Waals surface area contributed by atoms with Gasteiger partial charge in [0.25, 0.3) is 5.91 Å². The summed E-state index contributed by atoms with van der Waals surface area (Å²) in [5.74, 6) is 0.487. The minimum Gasteiger partial charge on any atom is -0.497 e. The van der Waals surface area contributed by atoms with E-state index in [2.05, 4.69) is 10.3 Å². The van der Waals surface area contributed by atoms with E-state index >= 15 is 0 Å². The van der Waals surface area contributed by atoms with Gasteiger partial charge in [-0.3, -0.25) is 4.79 Å². The molecule has 0 radical (unpaired) electrons. The maximum atomic E-state index is 13.8. The van der Waals surface area contributed by atoms with Gasteiger partial charge in [-0.15, -0.1) is 0 Å². The van der Waals surface area contributed by atoms with Crippen molar-refractivity contribution < 1.29 is 18.7 Å². The molecular formula is C25H21FN2O3. The lowest BCUT2D eigenvalue weighted by molar-refractivity contribution is -0.123. The summed E-state index contributed by atoms with van der Waals surface area (Å²) in [5.41, 5.74) is 3.13. The first-order valence-electron chi connectivity index (χ1n) is 9.80. The van der Waals surface area contributed by atoms with Crippen molar-refractivity contribution in [1.29, 1.82) is 0 Å². The molecule has 3 aromatic carbocycles. The van der Waals surface area contributed by atoms with Crippen LogP contribution in [0.4, 0.5) is 4.39 Å². The van der Waals surface area contributed by atoms with Crippen molar-refractivity contribution in [2.24, 2.45) is 0 Å². The van der Waals surface area contributed by atoms with Crippen LogP contribution in [0, 0.1) is 5.82 Å². The van der Waals surface area contributed by atoms with Gasteiger partial charge in [-0.1, -0.05) is 42.5 Å². The molecule has 0 saturated carbocycles. The molecular weight excluding hydrogens is 395 g/mol. The summed E-state index contributed by atoms with van der Waals surface area (Å²) in [7, 11) is 1.60. The Morgan fingerprint density at radius 3 is 2.52 bits per heavy atom. The predicted molar refractivity (Wildman–Crippen MR) is 117 cm³/mol. The van der Waals surface area contributed by atoms with Crippen LogP contribution in [0.1, 0.15) is 5.56 Å². The number of hydrogen-bond acceptors (Lipinski definition) is 4. The quantitative estimate of drug-likeness (QED) is 0.473. The standard InChI is InChI=1S/C25H21FN2O3/c1-30-20-10-7-17(8-11-20)15-27-25(29)16-31-24-14-23(18-5-3-2-4-6-18)28-22-12-9-19(26)13-21(22)24/h2-14H,15-16H2,1H3,(H,27,29). The molecule has 0 aliphatic rings. The van der Waals surface area contributed by atoms with E-state index in [1.54, 1.807) is 19.2 Å². The number of fused-ring (bicyclic) bond motifs is 1. The first kappa shape index (κ1) is 20.3. The van der Waals surface area contributed by atoms with E-state index in [9.17, 15) is 9.18 Å². The molecule has 156 valence electrons. The minimum absolute atomic E-state index is 0.194. The van der Waals surface area contributed by atoms with Crippen molar-refractivity contribution in [2.75, 3.05) is 13.7 Å². The van der Waals surface area contributed by atoms with Crippen LogP contribution in [-0.2, 0) is 11.3 Å². The van der Waals surface area contributed by atoms with Gasteiger partial charge in [-0.25, -0.2) is 9.37 Å². The number of nitrogens with one attached hydrogen (secondary N) is 1. The van der Waals surface area contributed by atoms with Gasteiger partial charge in [-0.2, -0.15) is 0 Å². The molecule has 0 unspecified atom stereocenters. The van der Waals surface area contributed by atoms with Gasteiger partial charge in [0.05, 0.1) is 18.3 Å². The van der Waals surface area contributed by atoms with E-state index in [1.165, 1.54) is 12.1 Å². The summed E-state index contributed by atoms with van der Waals surface area (Å²) in [6.45, 7) is 0.174. The maximum Gasteiger partial charge on any atom is 0.258 e. The molecule has 6 heteroatoms. The lowest BCUT2D eigenvalue weighted by Crippen LogP contribution is -2.28. The summed E-state index contributed by atoms with van der Waals surface area (Å²) in [4.78, 5) is 16.9. The Balaban J connectivity index is 1.50. The molecule has 1 amide bonds. The molecule has 4 aromatic rings. The van der Waals surface area contributed by atoms with Crippen molar-refractivity contribution >= 4 is 16.8 Å². The predicted octanol–water partition coefficient (Wildman–Crippen LogP) is 4.74. The normalized spacial score (nSPS) is 10.6. The maximum absolute atomic E-state index is 13.8. The van der Waals surface area contributed by atoms with Crippen LogP contribution in [0.5, 0.6) is 11.5 Å². The number of nitrogens with zero attached hydrogens (tertiary/aromatic N) is 1. The average Bonchev–Trinajstić information content (AvgIpc) is 2.82. The Hall–Kier alpha value is -3.93. The number of halogens is 1. The van der Waals surface area contributed by atoms with Gasteiger partial charge in [0, 0.05) is 23.6 Å². The molecule has 5 nitrogen and oxygen atoms in total. The fourth-order valence-electron chi connectivity index (χ4n) is 3.18. The molecule has 0 saturated heterocycles. The van der Waals surface area contributed by atoms with Crippen LogP contribution in [0.15, 0.2) is 78.9 Å². The van der Waals surface area contributed by atoms with Crippen LogP contribution < -0.4 is 14.8 Å². The van der Waals surface area contributed by atoms with Gasteiger partial charge in [0.1, 0.15) is 17.3 Å². The Morgan fingerprint density at radius 2 is 1.77 bits per heavy atom. The smallest absolute Gasteiger partial charge is 0.258 e. The van der Waals surface area contributed by atoms with E-state index in [0.717, 1.165) is 16.9 Å². The van der Waals surface area contributed by atoms with Crippen molar-refractivity contribution in [3.8, 4) is 22.8 Å². The Morgan fingerprint density at radius 1 is 1.00 bits per heavy atom. The van der Waals surface area contributed by atoms with E-state index in [0.29, 0.717) is 28.9 Å². The van der Waals surface area contributed by atoms with Crippen LogP contribution in [0.2, 0.25) is 0 Å². The third kappa shape index (κ3) is 4.98. The minimum atomic E-state index is -0.393. The van der Waals surface area contributed by atoms with Crippen LogP contribution in [-0.4, -0.2) is 24.6 Å². The fraction of sp³-hybridized carbons (Fsp3) is 0.120. The number of hydrogen-bond donors (Lipinski definition) is 1. The fourth-order valence-corrected chi connectivity index (χ4v) is 3.18. The summed E-state index contributed by atoms with van der Waals surface area (Å²) in [6, 6.07) is 23.1. The summed E-state index contributed by atoms with van der Waals surface area (Å²) in [5, 5.41) is 3.33. The van der Waals surface area contributed by atoms with Crippen LogP contribution in [0.25, 0.3) is 22.2 Å². The number of carbonyl (C=O) groups excluding carboxylic acids is 1. The Bertz CT molecular complexity index is 1190. The molecule has 1 heterocycles. The average molecular weight is 416 g/mol.